The summed E-state index contributed by atoms with van der Waals surface area (Å²) in [7, 11) is 0. The standard InChI is InChI=1S/C32H28N4O9S/c1-5-43-31(38)28-19(4)33-32-34(29(28)22-11-7-9-13-25(22)44-18(2)3)30(37)27(46-32)16-20-10-6-8-12-24(20)45-26-15-14-21(35(39)40)17-23(26)36(41)42/h6-18,29H,5H2,1-4H3/b27-16+/t29-/m1/s1. The van der Waals surface area contributed by atoms with Crippen molar-refractivity contribution in [1.29, 1.82) is 0 Å². The molecule has 0 unspecified atom stereocenters. The van der Waals surface area contributed by atoms with Crippen LogP contribution in [0.5, 0.6) is 17.2 Å². The van der Waals surface area contributed by atoms with Crippen molar-refractivity contribution >= 4 is 34.8 Å². The summed E-state index contributed by atoms with van der Waals surface area (Å²) < 4.78 is 19.0. The van der Waals surface area contributed by atoms with Gasteiger partial charge in [-0.2, -0.15) is 0 Å². The summed E-state index contributed by atoms with van der Waals surface area (Å²) in [6.07, 6.45) is 1.38. The minimum Gasteiger partial charge on any atom is -0.491 e. The molecule has 1 aliphatic heterocycles. The molecule has 0 saturated carbocycles. The zero-order valence-corrected chi connectivity index (χ0v) is 26.0. The predicted molar refractivity (Wildman–Crippen MR) is 169 cm³/mol. The van der Waals surface area contributed by atoms with Gasteiger partial charge < -0.3 is 14.2 Å². The number of hydrogen-bond donors (Lipinski definition) is 0. The molecule has 0 spiro atoms. The maximum atomic E-state index is 14.2. The molecule has 5 rings (SSSR count). The zero-order chi connectivity index (χ0) is 33.1. The molecule has 0 saturated heterocycles. The Morgan fingerprint density at radius 3 is 2.39 bits per heavy atom. The number of fused-ring (bicyclic) bond motifs is 1. The zero-order valence-electron chi connectivity index (χ0n) is 25.2. The van der Waals surface area contributed by atoms with Crippen molar-refractivity contribution in [2.75, 3.05) is 6.61 Å². The minimum absolute atomic E-state index is 0.126. The van der Waals surface area contributed by atoms with Gasteiger partial charge in [-0.05, 0) is 52.0 Å². The number of nitro benzene ring substituents is 2. The van der Waals surface area contributed by atoms with E-state index in [0.29, 0.717) is 27.4 Å². The van der Waals surface area contributed by atoms with Crippen molar-refractivity contribution in [3.63, 3.8) is 0 Å². The molecule has 0 fully saturated rings. The molecular weight excluding hydrogens is 616 g/mol. The van der Waals surface area contributed by atoms with E-state index in [1.807, 2.05) is 13.8 Å². The van der Waals surface area contributed by atoms with Crippen LogP contribution in [0, 0.1) is 20.2 Å². The van der Waals surface area contributed by atoms with Crippen molar-refractivity contribution < 1.29 is 28.9 Å². The largest absolute Gasteiger partial charge is 0.491 e. The number of thiazole rings is 1. The molecule has 1 atom stereocenters. The van der Waals surface area contributed by atoms with E-state index >= 15 is 0 Å². The SMILES string of the molecule is CCOC(=O)C1=C(C)N=c2s/c(=C/c3ccccc3Oc3ccc([N+](=O)[O-])cc3[N+](=O)[O-])c(=O)n2[C@@H]1c1ccccc1OC(C)C. The molecule has 0 amide bonds. The quantitative estimate of drug-likeness (QED) is 0.128. The van der Waals surface area contributed by atoms with Crippen LogP contribution < -0.4 is 24.4 Å². The van der Waals surface area contributed by atoms with Crippen LogP contribution in [0.15, 0.2) is 87.8 Å². The van der Waals surface area contributed by atoms with Gasteiger partial charge in [0, 0.05) is 17.2 Å². The summed E-state index contributed by atoms with van der Waals surface area (Å²) in [5.74, 6) is -0.155. The Bertz CT molecular complexity index is 2080. The highest BCUT2D eigenvalue weighted by atomic mass is 32.1. The molecule has 236 valence electrons. The van der Waals surface area contributed by atoms with Gasteiger partial charge in [0.1, 0.15) is 17.5 Å². The first-order valence-corrected chi connectivity index (χ1v) is 15.0. The molecule has 2 heterocycles. The molecule has 3 aromatic carbocycles. The number of rotatable bonds is 10. The summed E-state index contributed by atoms with van der Waals surface area (Å²) in [5, 5.41) is 22.9. The van der Waals surface area contributed by atoms with E-state index in [0.717, 1.165) is 29.5 Å². The van der Waals surface area contributed by atoms with Gasteiger partial charge in [0.25, 0.3) is 11.2 Å². The highest BCUT2D eigenvalue weighted by Crippen LogP contribution is 2.37. The van der Waals surface area contributed by atoms with E-state index in [1.165, 1.54) is 4.57 Å². The lowest BCUT2D eigenvalue weighted by atomic mass is 9.95. The van der Waals surface area contributed by atoms with Crippen LogP contribution >= 0.6 is 11.3 Å². The van der Waals surface area contributed by atoms with Gasteiger partial charge in [0.15, 0.2) is 4.80 Å². The van der Waals surface area contributed by atoms with Crippen molar-refractivity contribution in [3.8, 4) is 17.2 Å². The molecule has 13 nitrogen and oxygen atoms in total. The van der Waals surface area contributed by atoms with Gasteiger partial charge in [0.2, 0.25) is 5.75 Å². The van der Waals surface area contributed by atoms with Gasteiger partial charge in [-0.15, -0.1) is 0 Å². The molecule has 0 N–H and O–H groups in total. The summed E-state index contributed by atoms with van der Waals surface area (Å²) in [6.45, 7) is 7.25. The lowest BCUT2D eigenvalue weighted by Crippen LogP contribution is -2.40. The van der Waals surface area contributed by atoms with Crippen molar-refractivity contribution in [1.82, 2.24) is 4.57 Å². The van der Waals surface area contributed by atoms with Gasteiger partial charge >= 0.3 is 11.7 Å². The van der Waals surface area contributed by atoms with Crippen molar-refractivity contribution in [2.45, 2.75) is 39.8 Å². The maximum Gasteiger partial charge on any atom is 0.338 e. The lowest BCUT2D eigenvalue weighted by molar-refractivity contribution is -0.394. The Balaban J connectivity index is 1.67. The van der Waals surface area contributed by atoms with E-state index in [4.69, 9.17) is 14.2 Å². The first-order valence-electron chi connectivity index (χ1n) is 14.1. The predicted octanol–water partition coefficient (Wildman–Crippen LogP) is 5.19. The number of ether oxygens (including phenoxy) is 3. The third-order valence-electron chi connectivity index (χ3n) is 6.87. The summed E-state index contributed by atoms with van der Waals surface area (Å²) in [6, 6.07) is 15.9. The van der Waals surface area contributed by atoms with Crippen LogP contribution in [0.3, 0.4) is 0 Å². The molecule has 14 heteroatoms. The number of carbonyl (C=O) groups excluding carboxylic acids is 1. The molecule has 0 bridgehead atoms. The molecule has 1 aromatic heterocycles. The number of hydrogen-bond acceptors (Lipinski definition) is 11. The molecule has 0 aliphatic carbocycles. The van der Waals surface area contributed by atoms with Gasteiger partial charge in [0.05, 0.1) is 44.4 Å². The first-order chi connectivity index (χ1) is 22.0. The Hall–Kier alpha value is -5.63. The van der Waals surface area contributed by atoms with Crippen molar-refractivity contribution in [3.05, 3.63) is 129 Å². The summed E-state index contributed by atoms with van der Waals surface area (Å²) in [4.78, 5) is 53.7. The Morgan fingerprint density at radius 2 is 1.72 bits per heavy atom. The lowest BCUT2D eigenvalue weighted by Gasteiger charge is -2.26. The fraction of sp³-hybridized carbons (Fsp3) is 0.219. The number of nitrogens with zero attached hydrogens (tertiary/aromatic N) is 4. The first kappa shape index (κ1) is 31.8. The number of benzene rings is 3. The Morgan fingerprint density at radius 1 is 1.02 bits per heavy atom. The summed E-state index contributed by atoms with van der Waals surface area (Å²) >= 11 is 1.10. The van der Waals surface area contributed by atoms with Crippen LogP contribution in [0.25, 0.3) is 6.08 Å². The molecule has 46 heavy (non-hydrogen) atoms. The third-order valence-corrected chi connectivity index (χ3v) is 7.85. The third kappa shape index (κ3) is 6.28. The van der Waals surface area contributed by atoms with Crippen LogP contribution in [-0.4, -0.2) is 33.1 Å². The van der Waals surface area contributed by atoms with Crippen LogP contribution in [-0.2, 0) is 9.53 Å². The molecular formula is C32H28N4O9S. The number of nitro groups is 2. The van der Waals surface area contributed by atoms with Crippen molar-refractivity contribution in [2.24, 2.45) is 4.99 Å². The molecule has 0 radical (unpaired) electrons. The van der Waals surface area contributed by atoms with E-state index in [-0.39, 0.29) is 34.3 Å². The monoisotopic (exact) mass is 644 g/mol. The maximum absolute atomic E-state index is 14.2. The van der Waals surface area contributed by atoms with Crippen LogP contribution in [0.2, 0.25) is 0 Å². The van der Waals surface area contributed by atoms with Gasteiger partial charge in [-0.1, -0.05) is 47.7 Å². The number of carbonyl (C=O) groups is 1. The Kier molecular flexibility index (Phi) is 9.09. The average Bonchev–Trinajstić information content (AvgIpc) is 3.31. The van der Waals surface area contributed by atoms with Crippen LogP contribution in [0.1, 0.15) is 44.9 Å². The highest BCUT2D eigenvalue weighted by molar-refractivity contribution is 7.07. The number of non-ortho nitro benzene ring substituents is 1. The van der Waals surface area contributed by atoms with E-state index < -0.39 is 38.8 Å². The number of allylic oxidation sites excluding steroid dienone is 1. The molecule has 1 aliphatic rings. The number of esters is 1. The number of para-hydroxylation sites is 2. The molecule has 4 aromatic rings. The van der Waals surface area contributed by atoms with Crippen LogP contribution in [0.4, 0.5) is 11.4 Å². The summed E-state index contributed by atoms with van der Waals surface area (Å²) in [5.41, 5.74) is 0.0869. The van der Waals surface area contributed by atoms with E-state index in [1.54, 1.807) is 68.5 Å². The highest BCUT2D eigenvalue weighted by Gasteiger charge is 2.35. The minimum atomic E-state index is -0.901. The second-order valence-electron chi connectivity index (χ2n) is 10.3. The van der Waals surface area contributed by atoms with Gasteiger partial charge in [-0.25, -0.2) is 9.79 Å². The average molecular weight is 645 g/mol. The second-order valence-corrected chi connectivity index (χ2v) is 11.3. The Labute approximate surface area is 265 Å². The smallest absolute Gasteiger partial charge is 0.338 e. The number of aromatic nitrogens is 1. The van der Waals surface area contributed by atoms with Gasteiger partial charge in [-0.3, -0.25) is 29.6 Å². The fourth-order valence-corrected chi connectivity index (χ4v) is 5.99. The topological polar surface area (TPSA) is 165 Å². The second kappa shape index (κ2) is 13.2. The van der Waals surface area contributed by atoms with E-state index in [9.17, 15) is 29.8 Å². The van der Waals surface area contributed by atoms with E-state index in [2.05, 4.69) is 4.99 Å². The fourth-order valence-electron chi connectivity index (χ4n) is 4.95. The normalized spacial score (nSPS) is 14.5.